The Kier molecular flexibility index (Phi) is 3.79. The van der Waals surface area contributed by atoms with E-state index in [0.717, 1.165) is 24.2 Å². The first-order valence-electron chi connectivity index (χ1n) is 8.53. The molecule has 132 valence electrons. The number of likely N-dealkylation sites (tertiary alicyclic amines) is 1. The van der Waals surface area contributed by atoms with Gasteiger partial charge in [0.1, 0.15) is 0 Å². The molecule has 2 heterocycles. The zero-order chi connectivity index (χ0) is 17.8. The maximum atomic E-state index is 12.8. The van der Waals surface area contributed by atoms with Crippen LogP contribution in [-0.2, 0) is 9.59 Å². The van der Waals surface area contributed by atoms with Crippen LogP contribution in [0.4, 0.5) is 5.69 Å². The van der Waals surface area contributed by atoms with Gasteiger partial charge in [0.05, 0.1) is 16.9 Å². The number of anilines is 1. The topological polar surface area (TPSA) is 86.7 Å². The zero-order valence-corrected chi connectivity index (χ0v) is 14.8. The lowest BCUT2D eigenvalue weighted by molar-refractivity contribution is -0.139. The summed E-state index contributed by atoms with van der Waals surface area (Å²) in [6, 6.07) is 5.44. The van der Waals surface area contributed by atoms with E-state index >= 15 is 0 Å². The van der Waals surface area contributed by atoms with Crippen molar-refractivity contribution in [3.63, 3.8) is 0 Å². The highest BCUT2D eigenvalue weighted by atomic mass is 32.2. The summed E-state index contributed by atoms with van der Waals surface area (Å²) in [5.41, 5.74) is 1.18. The predicted molar refractivity (Wildman–Crippen MR) is 93.7 cm³/mol. The summed E-state index contributed by atoms with van der Waals surface area (Å²) >= 11 is 1.49. The van der Waals surface area contributed by atoms with Crippen LogP contribution in [0.3, 0.4) is 0 Å². The second-order valence-electron chi connectivity index (χ2n) is 7.21. The van der Waals surface area contributed by atoms with E-state index in [4.69, 9.17) is 5.11 Å². The molecule has 2 unspecified atom stereocenters. The summed E-state index contributed by atoms with van der Waals surface area (Å²) in [6.07, 6.45) is 2.25. The number of benzene rings is 1. The smallest absolute Gasteiger partial charge is 0.307 e. The van der Waals surface area contributed by atoms with Gasteiger partial charge in [-0.3, -0.25) is 14.4 Å². The third kappa shape index (κ3) is 2.80. The van der Waals surface area contributed by atoms with Crippen molar-refractivity contribution < 1.29 is 19.5 Å². The summed E-state index contributed by atoms with van der Waals surface area (Å²) in [4.78, 5) is 38.5. The van der Waals surface area contributed by atoms with Crippen molar-refractivity contribution in [2.45, 2.75) is 36.3 Å². The van der Waals surface area contributed by atoms with Crippen LogP contribution in [0.25, 0.3) is 0 Å². The lowest BCUT2D eigenvalue weighted by Gasteiger charge is -2.33. The number of amides is 2. The quantitative estimate of drug-likeness (QED) is 0.846. The molecule has 1 spiro atoms. The number of carboxylic acids is 1. The molecule has 1 saturated carbocycles. The van der Waals surface area contributed by atoms with Crippen molar-refractivity contribution in [2.24, 2.45) is 11.3 Å². The SMILES string of the molecule is CC1Sc2ccc(C(=O)N3CCC4(CC3)CC4C(=O)O)cc2NC1=O. The van der Waals surface area contributed by atoms with E-state index in [-0.39, 0.29) is 28.4 Å². The number of aliphatic carboxylic acids is 1. The highest BCUT2D eigenvalue weighted by molar-refractivity contribution is 8.00. The summed E-state index contributed by atoms with van der Waals surface area (Å²) in [7, 11) is 0. The van der Waals surface area contributed by atoms with Gasteiger partial charge in [0.2, 0.25) is 5.91 Å². The molecule has 1 aromatic rings. The molecule has 3 aliphatic rings. The second kappa shape index (κ2) is 5.76. The Labute approximate surface area is 150 Å². The molecule has 1 aromatic carbocycles. The van der Waals surface area contributed by atoms with Gasteiger partial charge in [-0.15, -0.1) is 11.8 Å². The first-order chi connectivity index (χ1) is 11.9. The average molecular weight is 360 g/mol. The normalized spacial score (nSPS) is 26.8. The summed E-state index contributed by atoms with van der Waals surface area (Å²) in [5, 5.41) is 11.9. The second-order valence-corrected chi connectivity index (χ2v) is 8.59. The molecule has 25 heavy (non-hydrogen) atoms. The van der Waals surface area contributed by atoms with Crippen molar-refractivity contribution in [1.29, 1.82) is 0 Å². The minimum Gasteiger partial charge on any atom is -0.481 e. The minimum atomic E-state index is -0.711. The molecule has 2 atom stereocenters. The number of piperidine rings is 1. The number of carbonyl (C=O) groups is 3. The van der Waals surface area contributed by atoms with Crippen molar-refractivity contribution in [3.8, 4) is 0 Å². The van der Waals surface area contributed by atoms with Gasteiger partial charge in [0.25, 0.3) is 5.91 Å². The number of hydrogen-bond donors (Lipinski definition) is 2. The molecule has 1 saturated heterocycles. The third-order valence-electron chi connectivity index (χ3n) is 5.69. The van der Waals surface area contributed by atoms with E-state index in [9.17, 15) is 14.4 Å². The van der Waals surface area contributed by atoms with Gasteiger partial charge in [-0.2, -0.15) is 0 Å². The van der Waals surface area contributed by atoms with Crippen molar-refractivity contribution >= 4 is 35.2 Å². The molecule has 2 aliphatic heterocycles. The third-order valence-corrected chi connectivity index (χ3v) is 6.87. The Morgan fingerprint density at radius 1 is 1.32 bits per heavy atom. The van der Waals surface area contributed by atoms with Crippen LogP contribution in [0.1, 0.15) is 36.5 Å². The van der Waals surface area contributed by atoms with Crippen LogP contribution in [0.5, 0.6) is 0 Å². The van der Waals surface area contributed by atoms with E-state index in [2.05, 4.69) is 5.32 Å². The molecular weight excluding hydrogens is 340 g/mol. The number of fused-ring (bicyclic) bond motifs is 1. The zero-order valence-electron chi connectivity index (χ0n) is 13.9. The summed E-state index contributed by atoms with van der Waals surface area (Å²) in [6.45, 7) is 3.05. The van der Waals surface area contributed by atoms with Crippen LogP contribution in [0.15, 0.2) is 23.1 Å². The first kappa shape index (κ1) is 16.4. The van der Waals surface area contributed by atoms with E-state index in [1.165, 1.54) is 11.8 Å². The number of nitrogens with one attached hydrogen (secondary N) is 1. The van der Waals surface area contributed by atoms with Gasteiger partial charge >= 0.3 is 5.97 Å². The Balaban J connectivity index is 1.45. The highest BCUT2D eigenvalue weighted by Gasteiger charge is 2.59. The molecule has 7 heteroatoms. The molecular formula is C18H20N2O4S. The number of nitrogens with zero attached hydrogens (tertiary/aromatic N) is 1. The molecule has 1 aliphatic carbocycles. The van der Waals surface area contributed by atoms with Crippen LogP contribution < -0.4 is 5.32 Å². The molecule has 0 aromatic heterocycles. The minimum absolute atomic E-state index is 0.0459. The lowest BCUT2D eigenvalue weighted by atomic mass is 9.90. The van der Waals surface area contributed by atoms with Crippen LogP contribution >= 0.6 is 11.8 Å². The number of carbonyl (C=O) groups excluding carboxylic acids is 2. The van der Waals surface area contributed by atoms with Crippen molar-refractivity contribution in [1.82, 2.24) is 4.90 Å². The Bertz CT molecular complexity index is 770. The van der Waals surface area contributed by atoms with Gasteiger partial charge < -0.3 is 15.3 Å². The molecule has 0 radical (unpaired) electrons. The van der Waals surface area contributed by atoms with Gasteiger partial charge in [0, 0.05) is 23.5 Å². The Morgan fingerprint density at radius 2 is 2.04 bits per heavy atom. The monoisotopic (exact) mass is 360 g/mol. The number of carboxylic acid groups (broad SMARTS) is 1. The number of thioether (sulfide) groups is 1. The first-order valence-corrected chi connectivity index (χ1v) is 9.41. The van der Waals surface area contributed by atoms with E-state index in [1.807, 2.05) is 13.0 Å². The fourth-order valence-corrected chi connectivity index (χ4v) is 4.86. The summed E-state index contributed by atoms with van der Waals surface area (Å²) < 4.78 is 0. The van der Waals surface area contributed by atoms with Gasteiger partial charge in [-0.1, -0.05) is 0 Å². The van der Waals surface area contributed by atoms with E-state index in [1.54, 1.807) is 17.0 Å². The van der Waals surface area contributed by atoms with Gasteiger partial charge in [-0.25, -0.2) is 0 Å². The largest absolute Gasteiger partial charge is 0.481 e. The Hall–Kier alpha value is -2.02. The van der Waals surface area contributed by atoms with E-state index in [0.29, 0.717) is 24.3 Å². The van der Waals surface area contributed by atoms with Gasteiger partial charge in [-0.05, 0) is 49.8 Å². The van der Waals surface area contributed by atoms with Gasteiger partial charge in [0.15, 0.2) is 0 Å². The standard InChI is InChI=1S/C18H20N2O4S/c1-10-15(21)19-13-8-11(2-3-14(13)25-10)16(22)20-6-4-18(5-7-20)9-12(18)17(23)24/h2-3,8,10,12H,4-7,9H2,1H3,(H,19,21)(H,23,24). The highest BCUT2D eigenvalue weighted by Crippen LogP contribution is 2.59. The van der Waals surface area contributed by atoms with Crippen LogP contribution in [-0.4, -0.2) is 46.1 Å². The molecule has 0 bridgehead atoms. The maximum absolute atomic E-state index is 12.8. The van der Waals surface area contributed by atoms with Crippen LogP contribution in [0.2, 0.25) is 0 Å². The van der Waals surface area contributed by atoms with E-state index < -0.39 is 5.97 Å². The fraction of sp³-hybridized carbons (Fsp3) is 0.500. The summed E-state index contributed by atoms with van der Waals surface area (Å²) in [5.74, 6) is -1.04. The molecule has 4 rings (SSSR count). The molecule has 2 amide bonds. The fourth-order valence-electron chi connectivity index (χ4n) is 3.93. The number of rotatable bonds is 2. The molecule has 6 nitrogen and oxygen atoms in total. The number of hydrogen-bond acceptors (Lipinski definition) is 4. The molecule has 2 fully saturated rings. The lowest BCUT2D eigenvalue weighted by Crippen LogP contribution is -2.40. The van der Waals surface area contributed by atoms with Crippen molar-refractivity contribution in [3.05, 3.63) is 23.8 Å². The van der Waals surface area contributed by atoms with Crippen LogP contribution in [0, 0.1) is 11.3 Å². The van der Waals surface area contributed by atoms with Crippen molar-refractivity contribution in [2.75, 3.05) is 18.4 Å². The molecule has 2 N–H and O–H groups in total. The predicted octanol–water partition coefficient (Wildman–Crippen LogP) is 2.45. The Morgan fingerprint density at radius 3 is 2.68 bits per heavy atom. The maximum Gasteiger partial charge on any atom is 0.307 e. The average Bonchev–Trinajstić information content (AvgIpc) is 3.29.